The normalized spacial score (nSPS) is 11.4. The predicted octanol–water partition coefficient (Wildman–Crippen LogP) is 10.9. The van der Waals surface area contributed by atoms with E-state index >= 15 is 0 Å². The Kier molecular flexibility index (Phi) is 11.0. The highest BCUT2D eigenvalue weighted by Gasteiger charge is 2.39. The Bertz CT molecular complexity index is 2010. The van der Waals surface area contributed by atoms with Crippen LogP contribution in [-0.4, -0.2) is 28.7 Å². The van der Waals surface area contributed by atoms with E-state index < -0.39 is 28.8 Å². The molecule has 0 radical (unpaired) electrons. The summed E-state index contributed by atoms with van der Waals surface area (Å²) in [6.45, 7) is 7.83. The number of carbonyl (C=O) groups is 2. The van der Waals surface area contributed by atoms with Crippen LogP contribution < -0.4 is 18.3 Å². The number of hydrogen-bond acceptors (Lipinski definition) is 7. The van der Waals surface area contributed by atoms with Crippen LogP contribution in [0.2, 0.25) is 26.2 Å². The lowest BCUT2D eigenvalue weighted by atomic mass is 10.0. The van der Waals surface area contributed by atoms with Crippen molar-refractivity contribution >= 4 is 28.7 Å². The summed E-state index contributed by atoms with van der Waals surface area (Å²) in [5.74, 6) is 2.38. The molecule has 0 aliphatic rings. The van der Waals surface area contributed by atoms with Gasteiger partial charge in [0, 0.05) is 22.3 Å². The molecule has 0 N–H and O–H groups in total. The molecule has 268 valence electrons. The lowest BCUT2D eigenvalue weighted by Gasteiger charge is -2.33. The Morgan fingerprint density at radius 2 is 0.604 bits per heavy atom. The molecule has 0 aliphatic heterocycles. The topological polar surface area (TPSA) is 80.3 Å². The minimum Gasteiger partial charge on any atom is -0.521 e. The predicted molar refractivity (Wildman–Crippen MR) is 203 cm³/mol. The molecule has 11 heteroatoms. The summed E-state index contributed by atoms with van der Waals surface area (Å²) in [7, 11) is -5.39. The number of halogens is 2. The fraction of sp³-hybridized carbons (Fsp3) is 0.0952. The fourth-order valence-corrected chi connectivity index (χ4v) is 12.0. The van der Waals surface area contributed by atoms with Crippen molar-refractivity contribution < 1.29 is 40.8 Å². The van der Waals surface area contributed by atoms with E-state index in [1.165, 1.54) is 48.5 Å². The van der Waals surface area contributed by atoms with Gasteiger partial charge in [-0.1, -0.05) is 0 Å². The Morgan fingerprint density at radius 1 is 0.377 bits per heavy atom. The third-order valence-corrected chi connectivity index (χ3v) is 13.2. The molecule has 0 aliphatic carbocycles. The molecule has 53 heavy (non-hydrogen) atoms. The van der Waals surface area contributed by atoms with Gasteiger partial charge in [-0.15, -0.1) is 0 Å². The van der Waals surface area contributed by atoms with Gasteiger partial charge in [0.2, 0.25) is 0 Å². The van der Waals surface area contributed by atoms with Gasteiger partial charge in [0.05, 0.1) is 0 Å². The number of ketones is 2. The average Bonchev–Trinajstić information content (AvgIpc) is 3.13. The maximum atomic E-state index is 13.2. The summed E-state index contributed by atoms with van der Waals surface area (Å²) in [5.41, 5.74) is 1.76. The average molecular weight is 747 g/mol. The first-order valence-corrected chi connectivity index (χ1v) is 22.4. The molecular weight excluding hydrogens is 711 g/mol. The van der Waals surface area contributed by atoms with E-state index in [1.807, 2.05) is 50.5 Å². The van der Waals surface area contributed by atoms with Gasteiger partial charge in [-0.05, 0) is 172 Å². The van der Waals surface area contributed by atoms with Crippen LogP contribution in [0.5, 0.6) is 34.5 Å². The van der Waals surface area contributed by atoms with Gasteiger partial charge in [-0.25, -0.2) is 8.78 Å². The number of hydrogen-bond donors (Lipinski definition) is 0. The van der Waals surface area contributed by atoms with E-state index in [9.17, 15) is 18.4 Å². The van der Waals surface area contributed by atoms with Crippen molar-refractivity contribution in [1.82, 2.24) is 0 Å². The van der Waals surface area contributed by atoms with Crippen molar-refractivity contribution in [3.63, 3.8) is 0 Å². The summed E-state index contributed by atoms with van der Waals surface area (Å²) >= 11 is 0. The zero-order chi connectivity index (χ0) is 37.6. The van der Waals surface area contributed by atoms with Crippen LogP contribution in [0.3, 0.4) is 0 Å². The van der Waals surface area contributed by atoms with Gasteiger partial charge in [0.1, 0.15) is 46.1 Å². The molecule has 0 saturated heterocycles. The van der Waals surface area contributed by atoms with E-state index in [0.29, 0.717) is 56.8 Å². The van der Waals surface area contributed by atoms with Crippen molar-refractivity contribution in [2.75, 3.05) is 0 Å². The minimum atomic E-state index is -2.69. The first kappa shape index (κ1) is 36.9. The molecule has 0 heterocycles. The van der Waals surface area contributed by atoms with E-state index in [2.05, 4.69) is 0 Å². The number of rotatable bonds is 14. The van der Waals surface area contributed by atoms with Crippen molar-refractivity contribution in [2.45, 2.75) is 26.2 Å². The highest BCUT2D eigenvalue weighted by atomic mass is 28.5. The summed E-state index contributed by atoms with van der Waals surface area (Å²) < 4.78 is 57.5. The molecule has 0 unspecified atom stereocenters. The smallest absolute Gasteiger partial charge is 0.384 e. The zero-order valence-electron chi connectivity index (χ0n) is 29.5. The lowest BCUT2D eigenvalue weighted by molar-refractivity contribution is 0.103. The van der Waals surface area contributed by atoms with Gasteiger partial charge >= 0.3 is 17.1 Å². The molecule has 6 aromatic carbocycles. The second-order valence-electron chi connectivity index (χ2n) is 13.0. The van der Waals surface area contributed by atoms with Crippen molar-refractivity contribution in [2.24, 2.45) is 0 Å². The van der Waals surface area contributed by atoms with Crippen molar-refractivity contribution in [3.8, 4) is 34.5 Å². The molecule has 0 spiro atoms. The maximum Gasteiger partial charge on any atom is 0.384 e. The number of benzene rings is 6. The second kappa shape index (κ2) is 15.8. The van der Waals surface area contributed by atoms with Gasteiger partial charge in [0.15, 0.2) is 11.6 Å². The highest BCUT2D eigenvalue weighted by molar-refractivity contribution is 6.79. The van der Waals surface area contributed by atoms with Gasteiger partial charge in [-0.2, -0.15) is 0 Å². The maximum absolute atomic E-state index is 13.2. The van der Waals surface area contributed by atoms with Gasteiger partial charge in [0.25, 0.3) is 0 Å². The molecule has 0 fully saturated rings. The number of carbonyl (C=O) groups excluding carboxylic acids is 2. The lowest BCUT2D eigenvalue weighted by Crippen LogP contribution is -2.52. The molecule has 0 amide bonds. The van der Waals surface area contributed by atoms with Crippen LogP contribution in [0, 0.1) is 11.6 Å². The van der Waals surface area contributed by atoms with Crippen LogP contribution in [0.4, 0.5) is 8.78 Å². The Morgan fingerprint density at radius 3 is 0.887 bits per heavy atom. The van der Waals surface area contributed by atoms with Crippen LogP contribution in [0.15, 0.2) is 146 Å². The molecule has 0 bridgehead atoms. The monoisotopic (exact) mass is 746 g/mol. The van der Waals surface area contributed by atoms with E-state index in [0.717, 1.165) is 0 Å². The third-order valence-electron chi connectivity index (χ3n) is 7.78. The SMILES string of the molecule is C[Si](C)(Oc1ccc(Oc2ccc(C(=O)c3ccc(F)cc3)cc2)cc1)O[Si](C)(C)Oc1ccc(Oc2ccc(C(=O)c3ccc(F)cc3)cc2)cc1. The summed E-state index contributed by atoms with van der Waals surface area (Å²) in [5, 5.41) is 0. The minimum absolute atomic E-state index is 0.201. The van der Waals surface area contributed by atoms with E-state index in [1.54, 1.807) is 72.8 Å². The molecule has 0 saturated carbocycles. The van der Waals surface area contributed by atoms with Crippen molar-refractivity contribution in [1.29, 1.82) is 0 Å². The van der Waals surface area contributed by atoms with E-state index in [-0.39, 0.29) is 11.6 Å². The van der Waals surface area contributed by atoms with Gasteiger partial charge < -0.3 is 22.4 Å². The van der Waals surface area contributed by atoms with Crippen LogP contribution in [0.25, 0.3) is 0 Å². The summed E-state index contributed by atoms with van der Waals surface area (Å²) in [6, 6.07) is 38.8. The van der Waals surface area contributed by atoms with Crippen LogP contribution >= 0.6 is 0 Å². The second-order valence-corrected chi connectivity index (χ2v) is 19.8. The first-order chi connectivity index (χ1) is 25.3. The zero-order valence-corrected chi connectivity index (χ0v) is 31.5. The van der Waals surface area contributed by atoms with Crippen LogP contribution in [0.1, 0.15) is 31.8 Å². The third kappa shape index (κ3) is 10.1. The first-order valence-electron chi connectivity index (χ1n) is 16.8. The fourth-order valence-electron chi connectivity index (χ4n) is 5.51. The Balaban J connectivity index is 0.983. The number of ether oxygens (including phenoxy) is 2. The standard InChI is InChI=1S/C42H36F2O7Si2/c1-52(2,49-39-25-21-37(22-26-39)47-35-17-9-31(10-18-35)41(45)29-5-13-33(43)14-6-29)51-53(3,4)50-40-27-23-38(24-28-40)48-36-19-11-32(12-20-36)42(46)30-7-15-34(44)16-8-30/h5-28H,1-4H3. The molecule has 7 nitrogen and oxygen atoms in total. The molecular formula is C42H36F2O7Si2. The molecule has 0 aromatic heterocycles. The Hall–Kier alpha value is -5.89. The summed E-state index contributed by atoms with van der Waals surface area (Å²) in [4.78, 5) is 25.4. The van der Waals surface area contributed by atoms with E-state index in [4.69, 9.17) is 22.4 Å². The van der Waals surface area contributed by atoms with Crippen molar-refractivity contribution in [3.05, 3.63) is 179 Å². The van der Waals surface area contributed by atoms with Crippen LogP contribution in [-0.2, 0) is 4.12 Å². The summed E-state index contributed by atoms with van der Waals surface area (Å²) in [6.07, 6.45) is 0. The Labute approximate surface area is 308 Å². The largest absolute Gasteiger partial charge is 0.521 e. The highest BCUT2D eigenvalue weighted by Crippen LogP contribution is 2.29. The molecule has 6 aromatic rings. The molecule has 6 rings (SSSR count). The quantitative estimate of drug-likeness (QED) is 0.0811. The molecule has 0 atom stereocenters. The van der Waals surface area contributed by atoms with Gasteiger partial charge in [-0.3, -0.25) is 9.59 Å².